The maximum absolute atomic E-state index is 13.8. The maximum atomic E-state index is 13.8. The Morgan fingerprint density at radius 2 is 1.78 bits per heavy atom. The standard InChI is InChI=1S/C29H25ClN2O3S2/c1-29(2)17-32(25-19-10-6-7-11-22(19)36-16-23-20(25)14-24(30)37-23)31-13-12-21(33)27(26(31)28(29)34)35-15-18-8-4-3-5-9-18/h3-14,25H,15-17H2,1-2H3. The number of hydrogen-bond donors (Lipinski definition) is 0. The number of carbonyl (C=O) groups is 1. The van der Waals surface area contributed by atoms with E-state index in [1.54, 1.807) is 29.3 Å². The second-order valence-electron chi connectivity index (χ2n) is 9.95. The van der Waals surface area contributed by atoms with Crippen molar-refractivity contribution in [2.45, 2.75) is 37.1 Å². The summed E-state index contributed by atoms with van der Waals surface area (Å²) in [5.74, 6) is 0.817. The first-order valence-corrected chi connectivity index (χ1v) is 14.3. The smallest absolute Gasteiger partial charge is 0.224 e. The molecule has 6 rings (SSSR count). The molecule has 0 radical (unpaired) electrons. The largest absolute Gasteiger partial charge is 0.483 e. The van der Waals surface area contributed by atoms with Gasteiger partial charge in [0.05, 0.1) is 10.4 Å². The molecule has 0 bridgehead atoms. The van der Waals surface area contributed by atoms with Crippen molar-refractivity contribution in [1.29, 1.82) is 0 Å². The van der Waals surface area contributed by atoms with Crippen molar-refractivity contribution in [3.8, 4) is 5.75 Å². The van der Waals surface area contributed by atoms with Gasteiger partial charge in [0.1, 0.15) is 6.61 Å². The Morgan fingerprint density at radius 1 is 1.03 bits per heavy atom. The monoisotopic (exact) mass is 548 g/mol. The molecule has 2 aromatic heterocycles. The number of ketones is 1. The lowest BCUT2D eigenvalue weighted by Crippen LogP contribution is -2.54. The third-order valence-electron chi connectivity index (χ3n) is 6.90. The third-order valence-corrected chi connectivity index (χ3v) is 9.48. The van der Waals surface area contributed by atoms with Crippen LogP contribution in [0.3, 0.4) is 0 Å². The molecule has 2 aliphatic rings. The van der Waals surface area contributed by atoms with Crippen molar-refractivity contribution in [3.05, 3.63) is 115 Å². The number of ether oxygens (including phenoxy) is 1. The quantitative estimate of drug-likeness (QED) is 0.284. The summed E-state index contributed by atoms with van der Waals surface area (Å²) in [4.78, 5) is 29.3. The summed E-state index contributed by atoms with van der Waals surface area (Å²) in [6.45, 7) is 4.54. The molecular formula is C29H25ClN2O3S2. The Hall–Kier alpha value is -3.00. The predicted octanol–water partition coefficient (Wildman–Crippen LogP) is 6.70. The summed E-state index contributed by atoms with van der Waals surface area (Å²) in [5.41, 5.74) is 2.46. The van der Waals surface area contributed by atoms with Gasteiger partial charge >= 0.3 is 0 Å². The lowest BCUT2D eigenvalue weighted by atomic mass is 9.82. The molecule has 0 N–H and O–H groups in total. The SMILES string of the molecule is CC1(C)CN(C2c3ccccc3SCc3sc(Cl)cc32)n2ccc(=O)c(OCc3ccccc3)c2C1=O. The van der Waals surface area contributed by atoms with Gasteiger partial charge in [-0.15, -0.1) is 23.1 Å². The van der Waals surface area contributed by atoms with Gasteiger partial charge in [0, 0.05) is 39.7 Å². The molecular weight excluding hydrogens is 524 g/mol. The topological polar surface area (TPSA) is 51.5 Å². The first kappa shape index (κ1) is 24.3. The zero-order chi connectivity index (χ0) is 25.7. The van der Waals surface area contributed by atoms with E-state index in [0.717, 1.165) is 26.8 Å². The minimum absolute atomic E-state index is 0.0917. The van der Waals surface area contributed by atoms with Gasteiger partial charge in [0.2, 0.25) is 5.43 Å². The van der Waals surface area contributed by atoms with Crippen LogP contribution in [0.2, 0.25) is 4.34 Å². The molecule has 4 aromatic rings. The molecule has 2 aromatic carbocycles. The third kappa shape index (κ3) is 4.29. The van der Waals surface area contributed by atoms with E-state index in [2.05, 4.69) is 23.2 Å². The Kier molecular flexibility index (Phi) is 6.18. The highest BCUT2D eigenvalue weighted by atomic mass is 35.5. The summed E-state index contributed by atoms with van der Waals surface area (Å²) in [6.07, 6.45) is 1.70. The van der Waals surface area contributed by atoms with E-state index in [9.17, 15) is 9.59 Å². The number of aromatic nitrogens is 1. The minimum atomic E-state index is -0.743. The molecule has 188 valence electrons. The molecule has 2 aliphatic heterocycles. The van der Waals surface area contributed by atoms with E-state index >= 15 is 0 Å². The fourth-order valence-electron chi connectivity index (χ4n) is 5.11. The van der Waals surface area contributed by atoms with Crippen molar-refractivity contribution >= 4 is 40.5 Å². The molecule has 0 fully saturated rings. The van der Waals surface area contributed by atoms with Crippen LogP contribution in [0.4, 0.5) is 0 Å². The second kappa shape index (κ2) is 9.39. The van der Waals surface area contributed by atoms with Crippen LogP contribution in [0.25, 0.3) is 0 Å². The van der Waals surface area contributed by atoms with Crippen LogP contribution < -0.4 is 15.2 Å². The van der Waals surface area contributed by atoms with Crippen LogP contribution in [-0.2, 0) is 12.4 Å². The average molecular weight is 549 g/mol. The lowest BCUT2D eigenvalue weighted by molar-refractivity contribution is 0.0783. The number of hydrogen-bond acceptors (Lipinski definition) is 6. The summed E-state index contributed by atoms with van der Waals surface area (Å²) < 4.78 is 8.66. The highest BCUT2D eigenvalue weighted by molar-refractivity contribution is 7.98. The number of thiophene rings is 1. The maximum Gasteiger partial charge on any atom is 0.224 e. The van der Waals surface area contributed by atoms with Gasteiger partial charge < -0.3 is 4.74 Å². The number of pyridine rings is 1. The van der Waals surface area contributed by atoms with Crippen LogP contribution in [0.1, 0.15) is 51.9 Å². The average Bonchev–Trinajstić information content (AvgIpc) is 3.18. The minimum Gasteiger partial charge on any atom is -0.483 e. The van der Waals surface area contributed by atoms with Crippen molar-refractivity contribution in [1.82, 2.24) is 4.68 Å². The molecule has 0 saturated carbocycles. The first-order valence-electron chi connectivity index (χ1n) is 12.1. The number of nitrogens with zero attached hydrogens (tertiary/aromatic N) is 2. The number of halogens is 1. The Balaban J connectivity index is 1.53. The number of carbonyl (C=O) groups excluding carboxylic acids is 1. The van der Waals surface area contributed by atoms with Gasteiger partial charge in [0.25, 0.3) is 0 Å². The number of fused-ring (bicyclic) bond motifs is 3. The van der Waals surface area contributed by atoms with Crippen molar-refractivity contribution in [3.63, 3.8) is 0 Å². The van der Waals surface area contributed by atoms with Gasteiger partial charge in [-0.05, 0) is 28.8 Å². The van der Waals surface area contributed by atoms with Gasteiger partial charge in [0.15, 0.2) is 17.2 Å². The fourth-order valence-corrected chi connectivity index (χ4v) is 7.61. The van der Waals surface area contributed by atoms with Crippen LogP contribution in [0.5, 0.6) is 5.75 Å². The van der Waals surface area contributed by atoms with Crippen LogP contribution in [0, 0.1) is 5.41 Å². The zero-order valence-corrected chi connectivity index (χ0v) is 22.8. The highest BCUT2D eigenvalue weighted by Gasteiger charge is 2.44. The van der Waals surface area contributed by atoms with Crippen LogP contribution in [0.15, 0.2) is 82.6 Å². The van der Waals surface area contributed by atoms with E-state index in [0.29, 0.717) is 6.54 Å². The molecule has 5 nitrogen and oxygen atoms in total. The Labute approximate surface area is 228 Å². The van der Waals surface area contributed by atoms with Crippen molar-refractivity contribution in [2.24, 2.45) is 5.41 Å². The van der Waals surface area contributed by atoms with Crippen LogP contribution >= 0.6 is 34.7 Å². The molecule has 0 saturated heterocycles. The second-order valence-corrected chi connectivity index (χ2v) is 12.7. The number of rotatable bonds is 4. The first-order chi connectivity index (χ1) is 17.8. The normalized spacial score (nSPS) is 18.0. The number of benzene rings is 2. The van der Waals surface area contributed by atoms with Crippen molar-refractivity contribution < 1.29 is 9.53 Å². The van der Waals surface area contributed by atoms with E-state index < -0.39 is 5.41 Å². The Bertz CT molecular complexity index is 1560. The Morgan fingerprint density at radius 3 is 2.59 bits per heavy atom. The molecule has 1 atom stereocenters. The summed E-state index contributed by atoms with van der Waals surface area (Å²) in [7, 11) is 0. The summed E-state index contributed by atoms with van der Waals surface area (Å²) >= 11 is 9.93. The molecule has 1 unspecified atom stereocenters. The lowest BCUT2D eigenvalue weighted by Gasteiger charge is -2.45. The summed E-state index contributed by atoms with van der Waals surface area (Å²) in [6, 6.07) is 21.4. The highest BCUT2D eigenvalue weighted by Crippen LogP contribution is 2.47. The summed E-state index contributed by atoms with van der Waals surface area (Å²) in [5, 5.41) is 2.19. The van der Waals surface area contributed by atoms with E-state index in [1.807, 2.05) is 61.0 Å². The van der Waals surface area contributed by atoms with Crippen LogP contribution in [-0.4, -0.2) is 17.0 Å². The van der Waals surface area contributed by atoms with Crippen molar-refractivity contribution in [2.75, 3.05) is 11.6 Å². The van der Waals surface area contributed by atoms with E-state index in [1.165, 1.54) is 15.8 Å². The zero-order valence-electron chi connectivity index (χ0n) is 20.4. The molecule has 37 heavy (non-hydrogen) atoms. The molecule has 0 spiro atoms. The fraction of sp³-hybridized carbons (Fsp3) is 0.241. The predicted molar refractivity (Wildman–Crippen MR) is 150 cm³/mol. The van der Waals surface area contributed by atoms with E-state index in [4.69, 9.17) is 16.3 Å². The molecule has 0 amide bonds. The van der Waals surface area contributed by atoms with Gasteiger partial charge in [-0.1, -0.05) is 74.0 Å². The van der Waals surface area contributed by atoms with Gasteiger partial charge in [-0.25, -0.2) is 0 Å². The molecule has 4 heterocycles. The molecule has 0 aliphatic carbocycles. The number of Topliss-reactive ketones (excluding diaryl/α,β-unsaturated/α-hetero) is 1. The number of thioether (sulfide) groups is 1. The van der Waals surface area contributed by atoms with Gasteiger partial charge in [-0.2, -0.15) is 0 Å². The molecule has 8 heteroatoms. The van der Waals surface area contributed by atoms with Gasteiger partial charge in [-0.3, -0.25) is 19.3 Å². The van der Waals surface area contributed by atoms with E-state index in [-0.39, 0.29) is 35.3 Å².